The number of halogens is 1. The average Bonchev–Trinajstić information content (AvgIpc) is 3.41. The monoisotopic (exact) mass is 528 g/mol. The molecule has 0 bridgehead atoms. The molecule has 1 aromatic heterocycles. The van der Waals surface area contributed by atoms with E-state index >= 15 is 0 Å². The molecule has 1 saturated heterocycles. The molecule has 7 heteroatoms. The number of aryl methyl sites for hydroxylation is 1. The lowest BCUT2D eigenvalue weighted by molar-refractivity contribution is 0.255. The largest absolute Gasteiger partial charge is 0.508 e. The molecule has 0 radical (unpaired) electrons. The molecule has 1 fully saturated rings. The summed E-state index contributed by atoms with van der Waals surface area (Å²) in [6.45, 7) is 6.97. The number of nitrogens with one attached hydrogen (secondary N) is 2. The molecule has 1 aromatic carbocycles. The maximum absolute atomic E-state index is 9.37. The third-order valence-electron chi connectivity index (χ3n) is 5.09. The Morgan fingerprint density at radius 2 is 1.93 bits per heavy atom. The first-order chi connectivity index (χ1) is 13.8. The Balaban J connectivity index is 0.00000300. The highest BCUT2D eigenvalue weighted by Gasteiger charge is 2.24. The maximum atomic E-state index is 9.37. The van der Waals surface area contributed by atoms with Crippen LogP contribution in [-0.2, 0) is 6.42 Å². The van der Waals surface area contributed by atoms with Gasteiger partial charge in [0.25, 0.3) is 0 Å². The van der Waals surface area contributed by atoms with Gasteiger partial charge in [-0.3, -0.25) is 9.89 Å². The zero-order valence-electron chi connectivity index (χ0n) is 17.1. The molecule has 1 aliphatic rings. The van der Waals surface area contributed by atoms with Gasteiger partial charge >= 0.3 is 0 Å². The first kappa shape index (κ1) is 24.0. The number of hydrogen-bond donors (Lipinski definition) is 3. The van der Waals surface area contributed by atoms with Crippen molar-refractivity contribution in [1.29, 1.82) is 0 Å². The first-order valence-corrected chi connectivity index (χ1v) is 11.2. The molecule has 29 heavy (non-hydrogen) atoms. The Bertz CT molecular complexity index is 715. The van der Waals surface area contributed by atoms with Crippen molar-refractivity contribution in [3.8, 4) is 5.75 Å². The fourth-order valence-electron chi connectivity index (χ4n) is 3.60. The molecule has 1 atom stereocenters. The second kappa shape index (κ2) is 13.1. The summed E-state index contributed by atoms with van der Waals surface area (Å²) in [6, 6.07) is 12.2. The number of guanidine groups is 1. The van der Waals surface area contributed by atoms with E-state index in [9.17, 15) is 5.11 Å². The second-order valence-corrected chi connectivity index (χ2v) is 8.17. The van der Waals surface area contributed by atoms with Crippen LogP contribution in [0.3, 0.4) is 0 Å². The molecule has 0 saturated carbocycles. The summed E-state index contributed by atoms with van der Waals surface area (Å²) >= 11 is 1.83. The van der Waals surface area contributed by atoms with Gasteiger partial charge in [-0.25, -0.2) is 0 Å². The van der Waals surface area contributed by atoms with Gasteiger partial charge in [0.15, 0.2) is 5.96 Å². The lowest BCUT2D eigenvalue weighted by Crippen LogP contribution is -2.39. The molecule has 3 rings (SSSR count). The number of phenolic OH excluding ortho intramolecular Hbond substituents is 1. The average molecular weight is 529 g/mol. The predicted octanol–water partition coefficient (Wildman–Crippen LogP) is 4.40. The number of thiophene rings is 1. The molecular weight excluding hydrogens is 495 g/mol. The van der Waals surface area contributed by atoms with Gasteiger partial charge in [-0.2, -0.15) is 0 Å². The number of benzene rings is 1. The van der Waals surface area contributed by atoms with E-state index in [1.807, 2.05) is 23.5 Å². The summed E-state index contributed by atoms with van der Waals surface area (Å²) in [7, 11) is 0. The van der Waals surface area contributed by atoms with Crippen LogP contribution in [0.2, 0.25) is 0 Å². The highest BCUT2D eigenvalue weighted by atomic mass is 127. The SMILES string of the molecule is CCNC(=NCC(c1cccs1)N1CCCC1)NCCCc1ccc(O)cc1.I. The number of phenols is 1. The van der Waals surface area contributed by atoms with Gasteiger partial charge in [0.1, 0.15) is 5.75 Å². The quantitative estimate of drug-likeness (QED) is 0.196. The number of nitrogens with zero attached hydrogens (tertiary/aromatic N) is 2. The standard InChI is InChI=1S/C22H32N4OS.HI/c1-2-23-22(24-13-5-7-18-9-11-19(27)12-10-18)25-17-20(21-8-6-16-28-21)26-14-3-4-15-26;/h6,8-12,16,20,27H,2-5,7,13-15,17H2,1H3,(H2,23,24,25);1H. The van der Waals surface area contributed by atoms with Crippen LogP contribution in [0.15, 0.2) is 46.8 Å². The summed E-state index contributed by atoms with van der Waals surface area (Å²) < 4.78 is 0. The van der Waals surface area contributed by atoms with Gasteiger partial charge in [0, 0.05) is 18.0 Å². The Morgan fingerprint density at radius 3 is 2.59 bits per heavy atom. The zero-order valence-corrected chi connectivity index (χ0v) is 20.3. The molecule has 0 spiro atoms. The van der Waals surface area contributed by atoms with Crippen LogP contribution < -0.4 is 10.6 Å². The molecule has 0 amide bonds. The normalized spacial score (nSPS) is 15.7. The summed E-state index contributed by atoms with van der Waals surface area (Å²) in [5.74, 6) is 1.22. The van der Waals surface area contributed by atoms with Gasteiger partial charge in [-0.15, -0.1) is 35.3 Å². The van der Waals surface area contributed by atoms with Gasteiger partial charge in [-0.1, -0.05) is 18.2 Å². The van der Waals surface area contributed by atoms with E-state index in [0.29, 0.717) is 11.8 Å². The minimum Gasteiger partial charge on any atom is -0.508 e. The zero-order chi connectivity index (χ0) is 19.6. The van der Waals surface area contributed by atoms with E-state index < -0.39 is 0 Å². The number of likely N-dealkylation sites (tertiary alicyclic amines) is 1. The van der Waals surface area contributed by atoms with Crippen molar-refractivity contribution < 1.29 is 5.11 Å². The second-order valence-electron chi connectivity index (χ2n) is 7.19. The Hall–Kier alpha value is -1.32. The van der Waals surface area contributed by atoms with Crippen LogP contribution in [0.5, 0.6) is 5.75 Å². The van der Waals surface area contributed by atoms with Crippen molar-refractivity contribution >= 4 is 41.3 Å². The fourth-order valence-corrected chi connectivity index (χ4v) is 4.45. The van der Waals surface area contributed by atoms with Crippen LogP contribution in [0.1, 0.15) is 42.7 Å². The summed E-state index contributed by atoms with van der Waals surface area (Å²) in [6.07, 6.45) is 4.59. The topological polar surface area (TPSA) is 59.9 Å². The summed E-state index contributed by atoms with van der Waals surface area (Å²) in [4.78, 5) is 8.88. The number of aliphatic imine (C=N–C) groups is 1. The van der Waals surface area contributed by atoms with E-state index in [1.54, 1.807) is 12.1 Å². The van der Waals surface area contributed by atoms with Crippen LogP contribution in [0.4, 0.5) is 0 Å². The van der Waals surface area contributed by atoms with E-state index in [2.05, 4.69) is 40.0 Å². The summed E-state index contributed by atoms with van der Waals surface area (Å²) in [5, 5.41) is 18.4. The van der Waals surface area contributed by atoms with E-state index in [4.69, 9.17) is 4.99 Å². The first-order valence-electron chi connectivity index (χ1n) is 10.3. The van der Waals surface area contributed by atoms with Crippen molar-refractivity contribution in [2.45, 2.75) is 38.6 Å². The molecule has 0 aliphatic carbocycles. The van der Waals surface area contributed by atoms with Gasteiger partial charge in [0.2, 0.25) is 0 Å². The van der Waals surface area contributed by atoms with Gasteiger partial charge in [-0.05, 0) is 74.8 Å². The highest BCUT2D eigenvalue weighted by Crippen LogP contribution is 2.28. The van der Waals surface area contributed by atoms with Crippen LogP contribution in [0, 0.1) is 0 Å². The van der Waals surface area contributed by atoms with E-state index in [0.717, 1.165) is 38.4 Å². The van der Waals surface area contributed by atoms with Crippen LogP contribution in [0.25, 0.3) is 0 Å². The van der Waals surface area contributed by atoms with Crippen molar-refractivity contribution in [3.05, 3.63) is 52.2 Å². The van der Waals surface area contributed by atoms with Crippen molar-refractivity contribution in [2.24, 2.45) is 4.99 Å². The third kappa shape index (κ3) is 7.79. The number of hydrogen-bond acceptors (Lipinski definition) is 4. The maximum Gasteiger partial charge on any atom is 0.191 e. The van der Waals surface area contributed by atoms with Crippen molar-refractivity contribution in [2.75, 3.05) is 32.7 Å². The van der Waals surface area contributed by atoms with Crippen molar-refractivity contribution in [3.63, 3.8) is 0 Å². The Morgan fingerprint density at radius 1 is 1.17 bits per heavy atom. The smallest absolute Gasteiger partial charge is 0.191 e. The summed E-state index contributed by atoms with van der Waals surface area (Å²) in [5.41, 5.74) is 1.24. The lowest BCUT2D eigenvalue weighted by atomic mass is 10.1. The van der Waals surface area contributed by atoms with E-state index in [1.165, 1.54) is 36.4 Å². The molecule has 2 aromatic rings. The van der Waals surface area contributed by atoms with Crippen molar-refractivity contribution in [1.82, 2.24) is 15.5 Å². The minimum atomic E-state index is 0. The molecule has 2 heterocycles. The van der Waals surface area contributed by atoms with Gasteiger partial charge < -0.3 is 15.7 Å². The predicted molar refractivity (Wildman–Crippen MR) is 134 cm³/mol. The molecule has 3 N–H and O–H groups in total. The molecule has 160 valence electrons. The molecule has 5 nitrogen and oxygen atoms in total. The van der Waals surface area contributed by atoms with Gasteiger partial charge in [0.05, 0.1) is 12.6 Å². The van der Waals surface area contributed by atoms with Crippen LogP contribution >= 0.6 is 35.3 Å². The Kier molecular flexibility index (Phi) is 10.8. The van der Waals surface area contributed by atoms with Crippen LogP contribution in [-0.4, -0.2) is 48.7 Å². The number of rotatable bonds is 9. The lowest BCUT2D eigenvalue weighted by Gasteiger charge is -2.25. The van der Waals surface area contributed by atoms with E-state index in [-0.39, 0.29) is 24.0 Å². The molecule has 1 unspecified atom stereocenters. The highest BCUT2D eigenvalue weighted by molar-refractivity contribution is 14.0. The third-order valence-corrected chi connectivity index (χ3v) is 6.06. The number of aromatic hydroxyl groups is 1. The minimum absolute atomic E-state index is 0. The molecular formula is C22H33IN4OS. The molecule has 1 aliphatic heterocycles. The fraction of sp³-hybridized carbons (Fsp3) is 0.500. The Labute approximate surface area is 195 Å².